The summed E-state index contributed by atoms with van der Waals surface area (Å²) in [5.41, 5.74) is 1.05. The third-order valence-electron chi connectivity index (χ3n) is 5.79. The molecule has 0 unspecified atom stereocenters. The summed E-state index contributed by atoms with van der Waals surface area (Å²) in [7, 11) is 0.356. The minimum Gasteiger partial charge on any atom is -0.378 e. The van der Waals surface area contributed by atoms with Gasteiger partial charge in [-0.15, -0.1) is 0 Å². The molecule has 0 radical (unpaired) electrons. The highest BCUT2D eigenvalue weighted by Crippen LogP contribution is 2.34. The number of likely N-dealkylation sites (N-methyl/N-ethyl adjacent to an activating group) is 1. The van der Waals surface area contributed by atoms with Crippen LogP contribution in [0.25, 0.3) is 10.2 Å². The molecule has 0 N–H and O–H groups in total. The lowest BCUT2D eigenvalue weighted by Gasteiger charge is -2.28. The highest BCUT2D eigenvalue weighted by Gasteiger charge is 2.27. The SMILES string of the molecule is CN(C)CCN(C(=O)c1ccc(N2CCOCC2)c([N+](=O)[O-])c1)c1nc2ccc(S(C)(=O)=O)cc2s1. The van der Waals surface area contributed by atoms with E-state index in [1.54, 1.807) is 24.3 Å². The Morgan fingerprint density at radius 2 is 1.89 bits per heavy atom. The van der Waals surface area contributed by atoms with Gasteiger partial charge < -0.3 is 14.5 Å². The highest BCUT2D eigenvalue weighted by molar-refractivity contribution is 7.90. The molecule has 1 aliphatic rings. The van der Waals surface area contributed by atoms with Gasteiger partial charge in [0.15, 0.2) is 15.0 Å². The molecule has 4 rings (SSSR count). The molecule has 2 aromatic carbocycles. The molecule has 0 atom stereocenters. The molecule has 3 aromatic rings. The van der Waals surface area contributed by atoms with Crippen LogP contribution in [0.5, 0.6) is 0 Å². The maximum atomic E-state index is 13.6. The van der Waals surface area contributed by atoms with Gasteiger partial charge >= 0.3 is 0 Å². The average Bonchev–Trinajstić information content (AvgIpc) is 3.26. The molecule has 0 aliphatic carbocycles. The van der Waals surface area contributed by atoms with Gasteiger partial charge in [-0.05, 0) is 44.4 Å². The topological polar surface area (TPSA) is 126 Å². The summed E-state index contributed by atoms with van der Waals surface area (Å²) in [5, 5.41) is 12.3. The minimum absolute atomic E-state index is 0.141. The van der Waals surface area contributed by atoms with E-state index in [1.165, 1.54) is 28.4 Å². The first-order chi connectivity index (χ1) is 17.0. The summed E-state index contributed by atoms with van der Waals surface area (Å²) in [4.78, 5) is 35.1. The molecule has 1 amide bonds. The Labute approximate surface area is 213 Å². The van der Waals surface area contributed by atoms with Crippen molar-refractivity contribution in [1.82, 2.24) is 9.88 Å². The van der Waals surface area contributed by atoms with Gasteiger partial charge in [0, 0.05) is 44.1 Å². The van der Waals surface area contributed by atoms with Crippen LogP contribution in [0.3, 0.4) is 0 Å². The standard InChI is InChI=1S/C23H27N5O6S2/c1-25(2)8-9-27(23-24-18-6-5-17(36(3,32)33)15-21(18)35-23)22(29)16-4-7-19(20(14-16)28(30)31)26-10-12-34-13-11-26/h4-7,14-15H,8-13H2,1-3H3. The molecule has 0 spiro atoms. The van der Waals surface area contributed by atoms with Gasteiger partial charge in [0.1, 0.15) is 5.69 Å². The second-order valence-corrected chi connectivity index (χ2v) is 11.7. The van der Waals surface area contributed by atoms with E-state index in [0.717, 1.165) is 6.26 Å². The predicted molar refractivity (Wildman–Crippen MR) is 139 cm³/mol. The fraction of sp³-hybridized carbons (Fsp3) is 0.391. The van der Waals surface area contributed by atoms with Crippen molar-refractivity contribution < 1.29 is 22.9 Å². The van der Waals surface area contributed by atoms with Crippen LogP contribution < -0.4 is 9.80 Å². The molecular weight excluding hydrogens is 506 g/mol. The summed E-state index contributed by atoms with van der Waals surface area (Å²) in [6.45, 7) is 2.85. The molecule has 11 nitrogen and oxygen atoms in total. The first-order valence-corrected chi connectivity index (χ1v) is 13.9. The molecule has 192 valence electrons. The molecule has 0 saturated carbocycles. The average molecular weight is 534 g/mol. The number of anilines is 2. The van der Waals surface area contributed by atoms with E-state index in [9.17, 15) is 23.3 Å². The first-order valence-electron chi connectivity index (χ1n) is 11.2. The quantitative estimate of drug-likeness (QED) is 0.317. The third-order valence-corrected chi connectivity index (χ3v) is 7.95. The van der Waals surface area contributed by atoms with Crippen molar-refractivity contribution in [3.05, 3.63) is 52.1 Å². The minimum atomic E-state index is -3.40. The lowest BCUT2D eigenvalue weighted by Crippen LogP contribution is -2.37. The number of fused-ring (bicyclic) bond motifs is 1. The fourth-order valence-corrected chi connectivity index (χ4v) is 5.60. The molecule has 1 aliphatic heterocycles. The molecule has 1 fully saturated rings. The predicted octanol–water partition coefficient (Wildman–Crippen LogP) is 2.65. The normalized spacial score (nSPS) is 14.4. The van der Waals surface area contributed by atoms with Crippen LogP contribution in [0.15, 0.2) is 41.3 Å². The molecule has 0 bridgehead atoms. The molecule has 13 heteroatoms. The fourth-order valence-electron chi connectivity index (χ4n) is 3.85. The Morgan fingerprint density at radius 3 is 2.53 bits per heavy atom. The Kier molecular flexibility index (Phi) is 7.54. The molecule has 36 heavy (non-hydrogen) atoms. The van der Waals surface area contributed by atoms with Crippen LogP contribution in [0.2, 0.25) is 0 Å². The van der Waals surface area contributed by atoms with Gasteiger partial charge in [0.2, 0.25) is 0 Å². The van der Waals surface area contributed by atoms with Crippen LogP contribution in [0.1, 0.15) is 10.4 Å². The number of thiazole rings is 1. The summed E-state index contributed by atoms with van der Waals surface area (Å²) >= 11 is 1.20. The molecule has 1 saturated heterocycles. The number of benzene rings is 2. The number of amides is 1. The number of carbonyl (C=O) groups excluding carboxylic acids is 1. The van der Waals surface area contributed by atoms with Crippen molar-refractivity contribution in [2.75, 3.05) is 69.5 Å². The largest absolute Gasteiger partial charge is 0.378 e. The van der Waals surface area contributed by atoms with Crippen molar-refractivity contribution >= 4 is 53.8 Å². The summed E-state index contributed by atoms with van der Waals surface area (Å²) in [5.74, 6) is -0.420. The van der Waals surface area contributed by atoms with Gasteiger partial charge in [0.05, 0.1) is 33.2 Å². The zero-order chi connectivity index (χ0) is 26.0. The van der Waals surface area contributed by atoms with E-state index in [0.29, 0.717) is 60.4 Å². The number of nitro groups is 1. The number of ether oxygens (including phenoxy) is 1. The van der Waals surface area contributed by atoms with Gasteiger partial charge in [-0.3, -0.25) is 19.8 Å². The monoisotopic (exact) mass is 533 g/mol. The van der Waals surface area contributed by atoms with E-state index < -0.39 is 20.7 Å². The van der Waals surface area contributed by atoms with Crippen LogP contribution in [0, 0.1) is 10.1 Å². The number of rotatable bonds is 8. The lowest BCUT2D eigenvalue weighted by molar-refractivity contribution is -0.384. The molecular formula is C23H27N5O6S2. The van der Waals surface area contributed by atoms with Gasteiger partial charge in [-0.2, -0.15) is 0 Å². The second-order valence-electron chi connectivity index (χ2n) is 8.72. The van der Waals surface area contributed by atoms with Gasteiger partial charge in [-0.25, -0.2) is 13.4 Å². The summed E-state index contributed by atoms with van der Waals surface area (Å²) in [6, 6.07) is 9.16. The molecule has 1 aromatic heterocycles. The van der Waals surface area contributed by atoms with E-state index in [2.05, 4.69) is 4.98 Å². The van der Waals surface area contributed by atoms with Crippen LogP contribution in [-0.4, -0.2) is 88.9 Å². The number of aromatic nitrogens is 1. The highest BCUT2D eigenvalue weighted by atomic mass is 32.2. The van der Waals surface area contributed by atoms with E-state index in [1.807, 2.05) is 23.9 Å². The third kappa shape index (κ3) is 5.64. The number of nitrogens with zero attached hydrogens (tertiary/aromatic N) is 5. The Morgan fingerprint density at radius 1 is 1.17 bits per heavy atom. The van der Waals surface area contributed by atoms with E-state index in [4.69, 9.17) is 4.74 Å². The number of carbonyl (C=O) groups is 1. The van der Waals surface area contributed by atoms with Gasteiger partial charge in [0.25, 0.3) is 11.6 Å². The lowest BCUT2D eigenvalue weighted by atomic mass is 10.1. The number of hydrogen-bond acceptors (Lipinski definition) is 10. The summed E-state index contributed by atoms with van der Waals surface area (Å²) < 4.78 is 29.9. The molecule has 2 heterocycles. The Hall–Kier alpha value is -3.13. The van der Waals surface area contributed by atoms with E-state index >= 15 is 0 Å². The van der Waals surface area contributed by atoms with Crippen LogP contribution in [-0.2, 0) is 14.6 Å². The summed E-state index contributed by atoms with van der Waals surface area (Å²) in [6.07, 6.45) is 1.14. The number of sulfone groups is 1. The van der Waals surface area contributed by atoms with Crippen molar-refractivity contribution in [1.29, 1.82) is 0 Å². The van der Waals surface area contributed by atoms with Crippen molar-refractivity contribution in [3.8, 4) is 0 Å². The Bertz CT molecular complexity index is 1400. The first kappa shape index (κ1) is 25.9. The zero-order valence-electron chi connectivity index (χ0n) is 20.2. The Balaban J connectivity index is 1.72. The second kappa shape index (κ2) is 10.5. The van der Waals surface area contributed by atoms with Crippen LogP contribution in [0.4, 0.5) is 16.5 Å². The van der Waals surface area contributed by atoms with Crippen LogP contribution >= 0.6 is 11.3 Å². The smallest absolute Gasteiger partial charge is 0.293 e. The number of hydrogen-bond donors (Lipinski definition) is 0. The van der Waals surface area contributed by atoms with Crippen molar-refractivity contribution in [3.63, 3.8) is 0 Å². The maximum absolute atomic E-state index is 13.6. The zero-order valence-corrected chi connectivity index (χ0v) is 21.8. The van der Waals surface area contributed by atoms with Crippen molar-refractivity contribution in [2.45, 2.75) is 4.90 Å². The van der Waals surface area contributed by atoms with Crippen molar-refractivity contribution in [2.24, 2.45) is 0 Å². The van der Waals surface area contributed by atoms with Gasteiger partial charge in [-0.1, -0.05) is 11.3 Å². The number of nitro benzene ring substituents is 1. The number of morpholine rings is 1. The maximum Gasteiger partial charge on any atom is 0.293 e. The van der Waals surface area contributed by atoms with E-state index in [-0.39, 0.29) is 16.1 Å².